The molecule has 1 aromatic heterocycles. The van der Waals surface area contributed by atoms with Crippen molar-refractivity contribution in [2.45, 2.75) is 13.3 Å². The molecule has 0 amide bonds. The average molecular weight is 199 g/mol. The summed E-state index contributed by atoms with van der Waals surface area (Å²) >= 11 is 0. The van der Waals surface area contributed by atoms with Crippen molar-refractivity contribution in [3.63, 3.8) is 0 Å². The van der Waals surface area contributed by atoms with E-state index in [1.54, 1.807) is 10.6 Å². The van der Waals surface area contributed by atoms with Gasteiger partial charge in [-0.3, -0.25) is 9.36 Å². The van der Waals surface area contributed by atoms with Crippen LogP contribution in [0.15, 0.2) is 53.5 Å². The van der Waals surface area contributed by atoms with Gasteiger partial charge < -0.3 is 0 Å². The fraction of sp³-hybridized carbons (Fsp3) is 0.154. The van der Waals surface area contributed by atoms with E-state index in [0.717, 1.165) is 12.1 Å². The molecule has 0 saturated heterocycles. The number of para-hydroxylation sites is 1. The van der Waals surface area contributed by atoms with E-state index < -0.39 is 0 Å². The topological polar surface area (TPSA) is 22.0 Å². The zero-order valence-electron chi connectivity index (χ0n) is 8.68. The molecule has 0 aliphatic rings. The van der Waals surface area contributed by atoms with Gasteiger partial charge in [0.05, 0.1) is 0 Å². The zero-order chi connectivity index (χ0) is 10.7. The number of hydrogen-bond acceptors (Lipinski definition) is 1. The lowest BCUT2D eigenvalue weighted by atomic mass is 10.2. The molecule has 2 rings (SSSR count). The van der Waals surface area contributed by atoms with E-state index in [9.17, 15) is 4.79 Å². The number of rotatable bonds is 2. The van der Waals surface area contributed by atoms with E-state index in [1.807, 2.05) is 42.6 Å². The molecule has 15 heavy (non-hydrogen) atoms. The molecule has 1 heterocycles. The SMILES string of the molecule is CCc1ccc(=O)n(-c2ccccc2)c1. The minimum atomic E-state index is 0.0124. The van der Waals surface area contributed by atoms with Crippen molar-refractivity contribution >= 4 is 0 Å². The van der Waals surface area contributed by atoms with Crippen LogP contribution in [0, 0.1) is 0 Å². The first-order chi connectivity index (χ1) is 7.31. The van der Waals surface area contributed by atoms with Gasteiger partial charge in [0, 0.05) is 18.0 Å². The quantitative estimate of drug-likeness (QED) is 0.728. The van der Waals surface area contributed by atoms with Crippen LogP contribution in [0.25, 0.3) is 5.69 Å². The summed E-state index contributed by atoms with van der Waals surface area (Å²) in [5.41, 5.74) is 2.09. The lowest BCUT2D eigenvalue weighted by Gasteiger charge is -2.06. The maximum absolute atomic E-state index is 11.7. The van der Waals surface area contributed by atoms with E-state index in [1.165, 1.54) is 5.56 Å². The maximum Gasteiger partial charge on any atom is 0.255 e. The summed E-state index contributed by atoms with van der Waals surface area (Å²) in [7, 11) is 0. The third-order valence-electron chi connectivity index (χ3n) is 2.41. The second-order valence-electron chi connectivity index (χ2n) is 3.43. The standard InChI is InChI=1S/C13H13NO/c1-2-11-8-9-13(15)14(10-11)12-6-4-3-5-7-12/h3-10H,2H2,1H3. The summed E-state index contributed by atoms with van der Waals surface area (Å²) in [6.45, 7) is 2.08. The molecule has 0 spiro atoms. The summed E-state index contributed by atoms with van der Waals surface area (Å²) in [4.78, 5) is 11.7. The third kappa shape index (κ3) is 1.99. The highest BCUT2D eigenvalue weighted by molar-refractivity contribution is 5.32. The predicted octanol–water partition coefficient (Wildman–Crippen LogP) is 2.40. The van der Waals surface area contributed by atoms with Crippen LogP contribution in [0.1, 0.15) is 12.5 Å². The van der Waals surface area contributed by atoms with E-state index in [4.69, 9.17) is 0 Å². The molecular formula is C13H13NO. The summed E-state index contributed by atoms with van der Waals surface area (Å²) in [5.74, 6) is 0. The number of benzene rings is 1. The van der Waals surface area contributed by atoms with Crippen LogP contribution < -0.4 is 5.56 Å². The van der Waals surface area contributed by atoms with Gasteiger partial charge in [0.25, 0.3) is 5.56 Å². The molecule has 2 nitrogen and oxygen atoms in total. The molecule has 0 fully saturated rings. The van der Waals surface area contributed by atoms with Crippen molar-refractivity contribution < 1.29 is 0 Å². The third-order valence-corrected chi connectivity index (χ3v) is 2.41. The largest absolute Gasteiger partial charge is 0.284 e. The second kappa shape index (κ2) is 4.13. The number of aryl methyl sites for hydroxylation is 1. The lowest BCUT2D eigenvalue weighted by Crippen LogP contribution is -2.16. The maximum atomic E-state index is 11.7. The van der Waals surface area contributed by atoms with E-state index in [-0.39, 0.29) is 5.56 Å². The van der Waals surface area contributed by atoms with Gasteiger partial charge in [-0.25, -0.2) is 0 Å². The molecule has 1 aromatic carbocycles. The van der Waals surface area contributed by atoms with Gasteiger partial charge in [0.2, 0.25) is 0 Å². The van der Waals surface area contributed by atoms with Crippen LogP contribution in [-0.2, 0) is 6.42 Å². The smallest absolute Gasteiger partial charge is 0.255 e. The van der Waals surface area contributed by atoms with Gasteiger partial charge in [-0.15, -0.1) is 0 Å². The fourth-order valence-corrected chi connectivity index (χ4v) is 1.53. The van der Waals surface area contributed by atoms with Gasteiger partial charge in [0.15, 0.2) is 0 Å². The Hall–Kier alpha value is -1.83. The highest BCUT2D eigenvalue weighted by Crippen LogP contribution is 2.05. The molecule has 0 bridgehead atoms. The first kappa shape index (κ1) is 9.71. The van der Waals surface area contributed by atoms with Crippen molar-refractivity contribution in [3.05, 3.63) is 64.6 Å². The van der Waals surface area contributed by atoms with E-state index in [0.29, 0.717) is 0 Å². The Labute approximate surface area is 88.8 Å². The summed E-state index contributed by atoms with van der Waals surface area (Å²) in [6.07, 6.45) is 2.84. The number of pyridine rings is 1. The first-order valence-corrected chi connectivity index (χ1v) is 5.08. The predicted molar refractivity (Wildman–Crippen MR) is 61.4 cm³/mol. The van der Waals surface area contributed by atoms with E-state index >= 15 is 0 Å². The van der Waals surface area contributed by atoms with Crippen LogP contribution in [0.4, 0.5) is 0 Å². The summed E-state index contributed by atoms with van der Waals surface area (Å²) in [6, 6.07) is 13.2. The van der Waals surface area contributed by atoms with Crippen molar-refractivity contribution in [2.24, 2.45) is 0 Å². The Bertz CT molecular complexity index is 499. The van der Waals surface area contributed by atoms with Gasteiger partial charge in [-0.05, 0) is 24.1 Å². The molecule has 76 valence electrons. The first-order valence-electron chi connectivity index (χ1n) is 5.08. The van der Waals surface area contributed by atoms with Gasteiger partial charge in [-0.2, -0.15) is 0 Å². The number of nitrogens with zero attached hydrogens (tertiary/aromatic N) is 1. The molecule has 2 aromatic rings. The van der Waals surface area contributed by atoms with Crippen LogP contribution in [-0.4, -0.2) is 4.57 Å². The average Bonchev–Trinajstić information content (AvgIpc) is 2.31. The van der Waals surface area contributed by atoms with Crippen molar-refractivity contribution in [1.29, 1.82) is 0 Å². The monoisotopic (exact) mass is 199 g/mol. The zero-order valence-corrected chi connectivity index (χ0v) is 8.68. The second-order valence-corrected chi connectivity index (χ2v) is 3.43. The summed E-state index contributed by atoms with van der Waals surface area (Å²) < 4.78 is 1.68. The fourth-order valence-electron chi connectivity index (χ4n) is 1.53. The molecule has 0 saturated carbocycles. The molecule has 0 atom stereocenters. The Morgan fingerprint density at radius 1 is 1.07 bits per heavy atom. The van der Waals surface area contributed by atoms with Crippen LogP contribution >= 0.6 is 0 Å². The number of hydrogen-bond donors (Lipinski definition) is 0. The molecule has 0 radical (unpaired) electrons. The van der Waals surface area contributed by atoms with Crippen molar-refractivity contribution in [1.82, 2.24) is 4.57 Å². The summed E-state index contributed by atoms with van der Waals surface area (Å²) in [5, 5.41) is 0. The Kier molecular flexibility index (Phi) is 2.68. The number of aromatic nitrogens is 1. The molecule has 2 heteroatoms. The minimum absolute atomic E-state index is 0.0124. The Morgan fingerprint density at radius 2 is 1.80 bits per heavy atom. The molecule has 0 aliphatic carbocycles. The van der Waals surface area contributed by atoms with Crippen LogP contribution in [0.5, 0.6) is 0 Å². The molecular weight excluding hydrogens is 186 g/mol. The molecule has 0 N–H and O–H groups in total. The van der Waals surface area contributed by atoms with Crippen LogP contribution in [0.2, 0.25) is 0 Å². The van der Waals surface area contributed by atoms with Gasteiger partial charge >= 0.3 is 0 Å². The van der Waals surface area contributed by atoms with Gasteiger partial charge in [-0.1, -0.05) is 31.2 Å². The highest BCUT2D eigenvalue weighted by atomic mass is 16.1. The highest BCUT2D eigenvalue weighted by Gasteiger charge is 1.99. The molecule has 0 aliphatic heterocycles. The molecule has 0 unspecified atom stereocenters. The normalized spacial score (nSPS) is 10.2. The van der Waals surface area contributed by atoms with E-state index in [2.05, 4.69) is 6.92 Å². The Balaban J connectivity index is 2.57. The van der Waals surface area contributed by atoms with Crippen molar-refractivity contribution in [2.75, 3.05) is 0 Å². The van der Waals surface area contributed by atoms with Crippen LogP contribution in [0.3, 0.4) is 0 Å². The lowest BCUT2D eigenvalue weighted by molar-refractivity contribution is 0.953. The van der Waals surface area contributed by atoms with Gasteiger partial charge in [0.1, 0.15) is 0 Å². The Morgan fingerprint density at radius 3 is 2.47 bits per heavy atom. The van der Waals surface area contributed by atoms with Crippen molar-refractivity contribution in [3.8, 4) is 5.69 Å². The minimum Gasteiger partial charge on any atom is -0.284 e.